The van der Waals surface area contributed by atoms with E-state index in [2.05, 4.69) is 359 Å². The van der Waals surface area contributed by atoms with Crippen LogP contribution in [0.2, 0.25) is 0 Å². The number of thiophene rings is 1. The van der Waals surface area contributed by atoms with Crippen molar-refractivity contribution in [3.05, 3.63) is 274 Å². The van der Waals surface area contributed by atoms with Crippen LogP contribution in [0.5, 0.6) is 0 Å². The van der Waals surface area contributed by atoms with E-state index in [0.29, 0.717) is 0 Å². The Hall–Kier alpha value is -10.2. The van der Waals surface area contributed by atoms with E-state index in [4.69, 9.17) is 0 Å². The molecule has 0 amide bonds. The molecule has 8 unspecified atom stereocenters. The summed E-state index contributed by atoms with van der Waals surface area (Å²) in [6.45, 7) is 43.1. The van der Waals surface area contributed by atoms with Gasteiger partial charge in [0.1, 0.15) is 0 Å². The van der Waals surface area contributed by atoms with Crippen LogP contribution in [0.25, 0.3) is 31.3 Å². The first kappa shape index (κ1) is 77.0. The summed E-state index contributed by atoms with van der Waals surface area (Å²) in [6, 6.07) is 87.9. The van der Waals surface area contributed by atoms with Gasteiger partial charge in [-0.15, -0.1) is 11.3 Å². The van der Waals surface area contributed by atoms with E-state index < -0.39 is 0 Å². The maximum Gasteiger partial charge on any atom is 0.252 e. The maximum atomic E-state index is 2.91. The van der Waals surface area contributed by atoms with Gasteiger partial charge in [-0.05, 0) is 300 Å². The Morgan fingerprint density at radius 2 is 0.762 bits per heavy atom. The summed E-state index contributed by atoms with van der Waals surface area (Å²) < 4.78 is 2.76. The van der Waals surface area contributed by atoms with Crippen molar-refractivity contribution in [3.63, 3.8) is 0 Å². The van der Waals surface area contributed by atoms with E-state index in [0.717, 1.165) is 25.7 Å². The van der Waals surface area contributed by atoms with Crippen LogP contribution in [0.15, 0.2) is 212 Å². The molecule has 630 valence electrons. The lowest BCUT2D eigenvalue weighted by molar-refractivity contribution is 0.194. The zero-order chi connectivity index (χ0) is 86.0. The SMILES string of the molecule is Cc1cc2c3c(c1)N1c4c(cccc4C4(C)CCCCC14C)B3c1ccc(N3c4ccc(C(C)(C)C)cc4C4(C)CCCCC34C)cc1N2c1ccc2c(c1)sc1c(CC(C)(C)c3ccc4c(c3)C3(C)CCCCC3(C)N4c3ccc4c(c3)N(c3ccc5c(c3)C(C)(C)c3ccccc3-5)c3cc(C)cc5c3B4c3cccc4c3N5C3(C)CCCCC43C)cccc12. The molecule has 9 heterocycles. The monoisotopic (exact) mass is 1660 g/mol. The van der Waals surface area contributed by atoms with E-state index in [-0.39, 0.29) is 73.5 Å². The first-order valence-corrected chi connectivity index (χ1v) is 49.3. The third kappa shape index (κ3) is 9.34. The minimum atomic E-state index is -0.199. The van der Waals surface area contributed by atoms with Crippen molar-refractivity contribution in [1.82, 2.24) is 0 Å². The van der Waals surface area contributed by atoms with Crippen LogP contribution in [0.4, 0.5) is 79.6 Å². The van der Waals surface area contributed by atoms with Crippen molar-refractivity contribution < 1.29 is 0 Å². The molecule has 13 aromatic rings. The van der Waals surface area contributed by atoms with E-state index in [1.54, 1.807) is 11.1 Å². The molecule has 26 rings (SSSR count). The summed E-state index contributed by atoms with van der Waals surface area (Å²) in [5.74, 6) is 0. The van der Waals surface area contributed by atoms with Gasteiger partial charge in [-0.2, -0.15) is 0 Å². The van der Waals surface area contributed by atoms with Gasteiger partial charge in [0.15, 0.2) is 0 Å². The van der Waals surface area contributed by atoms with Crippen LogP contribution >= 0.6 is 11.3 Å². The molecule has 9 heteroatoms. The summed E-state index contributed by atoms with van der Waals surface area (Å²) in [6.07, 6.45) is 20.4. The molecule has 12 aromatic carbocycles. The molecule has 4 fully saturated rings. The van der Waals surface area contributed by atoms with Crippen LogP contribution in [-0.4, -0.2) is 35.6 Å². The van der Waals surface area contributed by atoms with Gasteiger partial charge in [0.2, 0.25) is 0 Å². The average Bonchev–Trinajstić information content (AvgIpc) is 1.48. The Morgan fingerprint density at radius 1 is 0.325 bits per heavy atom. The zero-order valence-electron chi connectivity index (χ0n) is 77.5. The quantitative estimate of drug-likeness (QED) is 0.147. The van der Waals surface area contributed by atoms with Gasteiger partial charge in [0.25, 0.3) is 13.4 Å². The predicted molar refractivity (Wildman–Crippen MR) is 538 cm³/mol. The lowest BCUT2D eigenvalue weighted by Gasteiger charge is -2.53. The Bertz CT molecular complexity index is 7060. The van der Waals surface area contributed by atoms with Crippen LogP contribution in [-0.2, 0) is 44.3 Å². The van der Waals surface area contributed by atoms with Gasteiger partial charge in [0.05, 0.1) is 22.2 Å². The maximum absolute atomic E-state index is 2.91. The van der Waals surface area contributed by atoms with Crippen molar-refractivity contribution in [1.29, 1.82) is 0 Å². The molecule has 4 saturated carbocycles. The molecule has 126 heavy (non-hydrogen) atoms. The highest BCUT2D eigenvalue weighted by Gasteiger charge is 2.66. The third-order valence-electron chi connectivity index (χ3n) is 37.8. The number of para-hydroxylation sites is 2. The minimum Gasteiger partial charge on any atom is -0.335 e. The second kappa shape index (κ2) is 25.0. The highest BCUT2D eigenvalue weighted by atomic mass is 32.1. The number of hydrogen-bond donors (Lipinski definition) is 0. The second-order valence-corrected chi connectivity index (χ2v) is 46.8. The van der Waals surface area contributed by atoms with E-state index in [1.807, 2.05) is 11.3 Å². The number of benzene rings is 12. The fourth-order valence-corrected chi connectivity index (χ4v) is 31.6. The van der Waals surface area contributed by atoms with Crippen LogP contribution in [0.3, 0.4) is 0 Å². The summed E-state index contributed by atoms with van der Waals surface area (Å²) >= 11 is 2.02. The summed E-state index contributed by atoms with van der Waals surface area (Å²) in [5, 5.41) is 2.71. The fourth-order valence-electron chi connectivity index (χ4n) is 30.3. The lowest BCUT2D eigenvalue weighted by atomic mass is 9.33. The van der Waals surface area contributed by atoms with E-state index in [1.165, 1.54) is 277 Å². The van der Waals surface area contributed by atoms with Gasteiger partial charge in [0, 0.05) is 127 Å². The Kier molecular flexibility index (Phi) is 15.3. The first-order chi connectivity index (χ1) is 60.4. The smallest absolute Gasteiger partial charge is 0.252 e. The Balaban J connectivity index is 0.594. The largest absolute Gasteiger partial charge is 0.335 e. The highest BCUT2D eigenvalue weighted by Crippen LogP contribution is 2.68. The molecule has 0 radical (unpaired) electrons. The Morgan fingerprint density at radius 3 is 1.29 bits per heavy atom. The minimum absolute atomic E-state index is 0.000581. The molecule has 0 spiro atoms. The van der Waals surface area contributed by atoms with Crippen molar-refractivity contribution >= 4 is 157 Å². The van der Waals surface area contributed by atoms with Gasteiger partial charge in [-0.25, -0.2) is 0 Å². The van der Waals surface area contributed by atoms with Gasteiger partial charge >= 0.3 is 0 Å². The summed E-state index contributed by atoms with van der Waals surface area (Å²) in [7, 11) is 0. The average molecular weight is 1660 g/mol. The van der Waals surface area contributed by atoms with Crippen molar-refractivity contribution in [2.45, 2.75) is 287 Å². The molecule has 5 aliphatic carbocycles. The number of anilines is 14. The van der Waals surface area contributed by atoms with Crippen molar-refractivity contribution in [3.8, 4) is 11.1 Å². The molecule has 0 saturated heterocycles. The molecule has 0 bridgehead atoms. The molecule has 8 aliphatic heterocycles. The van der Waals surface area contributed by atoms with Crippen molar-refractivity contribution in [2.24, 2.45) is 0 Å². The zero-order valence-corrected chi connectivity index (χ0v) is 78.3. The number of nitrogens with zero attached hydrogens (tertiary/aromatic N) is 6. The number of rotatable bonds is 7. The van der Waals surface area contributed by atoms with Crippen molar-refractivity contribution in [2.75, 3.05) is 29.4 Å². The lowest BCUT2D eigenvalue weighted by Crippen LogP contribution is -2.64. The fraction of sp³-hybridized carbons (Fsp3) is 0.385. The normalized spacial score (nSPS) is 27.1. The molecule has 8 atom stereocenters. The predicted octanol–water partition coefficient (Wildman–Crippen LogP) is 27.0. The summed E-state index contributed by atoms with van der Waals surface area (Å²) in [4.78, 5) is 17.0. The molecule has 0 N–H and O–H groups in total. The Labute approximate surface area is 753 Å². The number of fused-ring (bicyclic) bond motifs is 26. The number of hydrogen-bond acceptors (Lipinski definition) is 7. The molecule has 1 aromatic heterocycles. The first-order valence-electron chi connectivity index (χ1n) is 48.5. The van der Waals surface area contributed by atoms with Gasteiger partial charge in [-0.1, -0.05) is 255 Å². The molecular formula is C117H120B2N6S. The molecular weight excluding hydrogens is 1540 g/mol. The standard InChI is InChI=1S/C117H120B2N6S/c1-70-59-97-102-99(61-70)124-104-84(110(10)51-20-26-57-116(110,124)16)35-29-37-91(104)118(102)89-47-43-77(66-95(89)120(97)75-41-45-80-79-32-18-19-34-83(79)109(8,9)86(80)65-75)123-94-50-40-74(64-88(94)113(13)54-23-25-56-115(113,123)15)108(6,7)69-72-31-28-33-82-81-46-42-76(68-101(81)126-106(72)82)121-96-67-78(122-93-49-39-73(107(3,4)5)63-87(93)112(12)53-22-24-55-114(112,122)14)44-48-90(96)119-92-38-30-36-85-105(92)125(100-62-71(2)60-98(121)103(100)119)117(17)58-27-21-52-111(85,117)11/h18-19,28-50,59-68H,20-27,51-58,69H2,1-17H3. The van der Waals surface area contributed by atoms with E-state index >= 15 is 0 Å². The third-order valence-corrected chi connectivity index (χ3v) is 39.1. The second-order valence-electron chi connectivity index (χ2n) is 45.8. The summed E-state index contributed by atoms with van der Waals surface area (Å²) in [5.41, 5.74) is 45.6. The van der Waals surface area contributed by atoms with Crippen LogP contribution in [0, 0.1) is 13.8 Å². The molecule has 13 aliphatic rings. The topological polar surface area (TPSA) is 19.4 Å². The van der Waals surface area contributed by atoms with Gasteiger partial charge in [-0.3, -0.25) is 0 Å². The molecule has 6 nitrogen and oxygen atoms in total. The van der Waals surface area contributed by atoms with Gasteiger partial charge < -0.3 is 29.4 Å². The highest BCUT2D eigenvalue weighted by molar-refractivity contribution is 7.26. The van der Waals surface area contributed by atoms with Crippen LogP contribution in [0.1, 0.15) is 268 Å². The number of aryl methyl sites for hydroxylation is 2. The van der Waals surface area contributed by atoms with Crippen LogP contribution < -0.4 is 62.2 Å². The van der Waals surface area contributed by atoms with E-state index in [9.17, 15) is 0 Å².